The summed E-state index contributed by atoms with van der Waals surface area (Å²) in [6.07, 6.45) is 1.11. The lowest BCUT2D eigenvalue weighted by Gasteiger charge is -2.35. The molecule has 1 saturated heterocycles. The predicted octanol–water partition coefficient (Wildman–Crippen LogP) is -7.60. The molecule has 17 N–H and O–H groups in total. The predicted molar refractivity (Wildman–Crippen MR) is 304 cm³/mol. The number of aliphatic carboxylic acids is 5. The molecule has 1 fully saturated rings. The van der Waals surface area contributed by atoms with Crippen LogP contribution in [0.2, 0.25) is 0 Å². The first-order valence-electron chi connectivity index (χ1n) is 28.1. The number of nitrogens with two attached hydrogens (primary N) is 1. The Labute approximate surface area is 505 Å². The lowest BCUT2D eigenvalue weighted by atomic mass is 10.0. The van der Waals surface area contributed by atoms with E-state index >= 15 is 0 Å². The minimum absolute atomic E-state index is 0.00497. The number of rotatable bonds is 39. The SMILES string of the molecule is C[C@H](NC(=O)[C@H](CC(=O)O)NC(=O)COCCOCCN)C(=O)N[C@@H](Cc1c[nH]cn1)C(=O)N[C@@H](CO)C(=O)N[C@@H](Cc1ccccc1)C(=O)N[C@H](CO)C(=O)NCCCC(C(=O)O)N1CCN(CC(=O)O)CCN(CC(=O)O)CCN(CC(=O)O)CC1. The number of benzene rings is 1. The van der Waals surface area contributed by atoms with Gasteiger partial charge in [0.25, 0.3) is 0 Å². The highest BCUT2D eigenvalue weighted by Crippen LogP contribution is 2.12. The molecule has 490 valence electrons. The maximum atomic E-state index is 14.0. The molecule has 1 aliphatic rings. The molecule has 0 saturated carbocycles. The van der Waals surface area contributed by atoms with Gasteiger partial charge in [-0.3, -0.25) is 77.1 Å². The highest BCUT2D eigenvalue weighted by Gasteiger charge is 2.34. The molecule has 1 aromatic carbocycles. The highest BCUT2D eigenvalue weighted by atomic mass is 16.5. The van der Waals surface area contributed by atoms with E-state index in [0.717, 1.165) is 0 Å². The van der Waals surface area contributed by atoms with Crippen molar-refractivity contribution in [2.45, 2.75) is 81.3 Å². The van der Waals surface area contributed by atoms with Crippen molar-refractivity contribution in [2.24, 2.45) is 5.73 Å². The van der Waals surface area contributed by atoms with Crippen LogP contribution in [0.4, 0.5) is 0 Å². The number of nitrogens with one attached hydrogen (secondary N) is 8. The van der Waals surface area contributed by atoms with E-state index in [1.165, 1.54) is 29.2 Å². The minimum atomic E-state index is -1.81. The largest absolute Gasteiger partial charge is 0.481 e. The fourth-order valence-corrected chi connectivity index (χ4v) is 8.85. The summed E-state index contributed by atoms with van der Waals surface area (Å²) in [5.41, 5.74) is 6.06. The first-order valence-corrected chi connectivity index (χ1v) is 28.1. The zero-order valence-electron chi connectivity index (χ0n) is 48.7. The lowest BCUT2D eigenvalue weighted by molar-refractivity contribution is -0.145. The van der Waals surface area contributed by atoms with Crippen LogP contribution in [0.25, 0.3) is 0 Å². The van der Waals surface area contributed by atoms with Gasteiger partial charge < -0.3 is 93.2 Å². The molecule has 35 heteroatoms. The molecule has 35 nitrogen and oxygen atoms in total. The molecule has 88 heavy (non-hydrogen) atoms. The molecule has 1 aliphatic heterocycles. The van der Waals surface area contributed by atoms with E-state index in [1.54, 1.807) is 40.1 Å². The lowest BCUT2D eigenvalue weighted by Crippen LogP contribution is -2.61. The smallest absolute Gasteiger partial charge is 0.320 e. The Hall–Kier alpha value is -8.29. The molecule has 0 bridgehead atoms. The van der Waals surface area contributed by atoms with E-state index in [-0.39, 0.29) is 123 Å². The van der Waals surface area contributed by atoms with Crippen molar-refractivity contribution in [3.8, 4) is 0 Å². The third-order valence-corrected chi connectivity index (χ3v) is 13.4. The van der Waals surface area contributed by atoms with Gasteiger partial charge in [0.15, 0.2) is 0 Å². The Balaban J connectivity index is 1.72. The molecule has 1 unspecified atom stereocenters. The van der Waals surface area contributed by atoms with Gasteiger partial charge in [-0.25, -0.2) is 4.98 Å². The molecule has 0 aliphatic carbocycles. The van der Waals surface area contributed by atoms with Gasteiger partial charge >= 0.3 is 29.8 Å². The molecule has 1 aromatic heterocycles. The summed E-state index contributed by atoms with van der Waals surface area (Å²) >= 11 is 0. The quantitative estimate of drug-likeness (QED) is 0.0277. The number of hydrogen-bond donors (Lipinski definition) is 16. The molecule has 0 spiro atoms. The number of hydrogen-bond acceptors (Lipinski definition) is 22. The number of carboxylic acids is 5. The number of aromatic amines is 1. The third kappa shape index (κ3) is 28.9. The number of carbonyl (C=O) groups excluding carboxylic acids is 7. The third-order valence-electron chi connectivity index (χ3n) is 13.4. The number of nitrogens with zero attached hydrogens (tertiary/aromatic N) is 5. The average Bonchev–Trinajstić information content (AvgIpc) is 4.17. The molecule has 2 heterocycles. The number of H-pyrrole nitrogens is 1. The molecule has 2 aromatic rings. The van der Waals surface area contributed by atoms with Gasteiger partial charge in [0.2, 0.25) is 41.4 Å². The molecular weight excluding hydrogens is 1170 g/mol. The molecule has 7 amide bonds. The number of imidazole rings is 1. The summed E-state index contributed by atoms with van der Waals surface area (Å²) < 4.78 is 10.3. The van der Waals surface area contributed by atoms with Gasteiger partial charge in [0.1, 0.15) is 48.9 Å². The van der Waals surface area contributed by atoms with E-state index in [4.69, 9.17) is 15.2 Å². The second-order valence-electron chi connectivity index (χ2n) is 20.3. The second kappa shape index (κ2) is 40.2. The fraction of sp³-hybridized carbons (Fsp3) is 0.604. The Morgan fingerprint density at radius 1 is 0.580 bits per heavy atom. The number of amides is 7. The first-order chi connectivity index (χ1) is 41.9. The zero-order chi connectivity index (χ0) is 65.1. The fourth-order valence-electron chi connectivity index (χ4n) is 8.85. The van der Waals surface area contributed by atoms with Crippen molar-refractivity contribution in [3.63, 3.8) is 0 Å². The van der Waals surface area contributed by atoms with Crippen molar-refractivity contribution < 1.29 is 103 Å². The van der Waals surface area contributed by atoms with Gasteiger partial charge in [-0.2, -0.15) is 0 Å². The first kappa shape index (κ1) is 74.0. The number of aliphatic hydroxyl groups is 2. The van der Waals surface area contributed by atoms with Crippen LogP contribution in [0.3, 0.4) is 0 Å². The van der Waals surface area contributed by atoms with Crippen molar-refractivity contribution in [2.75, 3.05) is 125 Å². The Bertz CT molecular complexity index is 2560. The van der Waals surface area contributed by atoms with Crippen molar-refractivity contribution in [3.05, 3.63) is 54.1 Å². The van der Waals surface area contributed by atoms with Crippen molar-refractivity contribution >= 4 is 71.2 Å². The van der Waals surface area contributed by atoms with Crippen molar-refractivity contribution in [1.82, 2.24) is 66.8 Å². The van der Waals surface area contributed by atoms with Crippen LogP contribution in [0.5, 0.6) is 0 Å². The van der Waals surface area contributed by atoms with Crippen LogP contribution in [-0.2, 0) is 79.8 Å². The normalized spacial score (nSPS) is 16.2. The molecule has 0 radical (unpaired) electrons. The van der Waals surface area contributed by atoms with Gasteiger partial charge in [0.05, 0.1) is 71.1 Å². The highest BCUT2D eigenvalue weighted by molar-refractivity contribution is 5.97. The van der Waals surface area contributed by atoms with Crippen LogP contribution < -0.4 is 43.0 Å². The summed E-state index contributed by atoms with van der Waals surface area (Å²) in [7, 11) is 0. The number of carbonyl (C=O) groups is 12. The van der Waals surface area contributed by atoms with E-state index in [2.05, 4.69) is 47.2 Å². The molecular formula is C53H82N14O21. The second-order valence-corrected chi connectivity index (χ2v) is 20.3. The number of aromatic nitrogens is 2. The van der Waals surface area contributed by atoms with Gasteiger partial charge in [0, 0.05) is 84.5 Å². The summed E-state index contributed by atoms with van der Waals surface area (Å²) in [6.45, 7) is -1.70. The number of aliphatic hydroxyl groups excluding tert-OH is 2. The maximum absolute atomic E-state index is 14.0. The van der Waals surface area contributed by atoms with Gasteiger partial charge in [-0.05, 0) is 25.3 Å². The van der Waals surface area contributed by atoms with E-state index < -0.39 is 153 Å². The van der Waals surface area contributed by atoms with Gasteiger partial charge in [-0.1, -0.05) is 30.3 Å². The zero-order valence-corrected chi connectivity index (χ0v) is 48.7. The maximum Gasteiger partial charge on any atom is 0.320 e. The van der Waals surface area contributed by atoms with Crippen LogP contribution in [-0.4, -0.2) is 304 Å². The van der Waals surface area contributed by atoms with Crippen molar-refractivity contribution in [1.29, 1.82) is 0 Å². The number of carboxylic acid groups (broad SMARTS) is 5. The standard InChI is InChI=1S/C53H82N14O21/c1-33(58-49(81)38(24-43(71)72)59-42(70)31-88-21-20-87-19-9-54)47(79)60-37(23-35-25-55-32-57-35)51(83)63-40(30-69)52(84)61-36(22-34-6-3-2-4-7-34)50(82)62-39(29-68)48(80)56-10-5-8-41(53(85)86)67-17-15-65(27-45(75)76)13-11-64(26-44(73)74)12-14-66(16-18-67)28-46(77)78/h2-4,6-7,25,32-33,36-41,68-69H,5,8-24,26-31,54H2,1H3,(H,55,57)(H,56,80)(H,58,81)(H,59,70)(H,60,79)(H,61,84)(H,62,82)(H,63,83)(H,71,72)(H,73,74)(H,75,76)(H,77,78)(H,85,86)/t33-,36-,37-,38-,39+,40-,41?/m0/s1. The van der Waals surface area contributed by atoms with Crippen LogP contribution in [0.15, 0.2) is 42.9 Å². The number of ether oxygens (including phenoxy) is 2. The van der Waals surface area contributed by atoms with E-state index in [1.807, 2.05) is 0 Å². The van der Waals surface area contributed by atoms with E-state index in [9.17, 15) is 93.3 Å². The van der Waals surface area contributed by atoms with Crippen LogP contribution in [0, 0.1) is 0 Å². The van der Waals surface area contributed by atoms with Crippen LogP contribution in [0.1, 0.15) is 37.4 Å². The Morgan fingerprint density at radius 2 is 1.07 bits per heavy atom. The summed E-state index contributed by atoms with van der Waals surface area (Å²) in [6, 6.07) is -2.80. The molecule has 7 atom stereocenters. The van der Waals surface area contributed by atoms with E-state index in [0.29, 0.717) is 5.56 Å². The Kier molecular flexibility index (Phi) is 33.8. The summed E-state index contributed by atoms with van der Waals surface area (Å²) in [4.78, 5) is 167. The minimum Gasteiger partial charge on any atom is -0.481 e. The van der Waals surface area contributed by atoms with Gasteiger partial charge in [-0.15, -0.1) is 0 Å². The summed E-state index contributed by atoms with van der Waals surface area (Å²) in [5.74, 6) is -13.3. The monoisotopic (exact) mass is 1250 g/mol. The topological polar surface area (TPSA) is 517 Å². The molecule has 3 rings (SSSR count). The Morgan fingerprint density at radius 3 is 1.57 bits per heavy atom. The average molecular weight is 1250 g/mol. The summed E-state index contributed by atoms with van der Waals surface area (Å²) in [5, 5.41) is 85.9. The van der Waals surface area contributed by atoms with Crippen LogP contribution >= 0.6 is 0 Å².